The van der Waals surface area contributed by atoms with Crippen LogP contribution in [0.2, 0.25) is 10.0 Å². The number of carbonyl (C=O) groups is 1. The fourth-order valence-corrected chi connectivity index (χ4v) is 2.57. The summed E-state index contributed by atoms with van der Waals surface area (Å²) in [5.41, 5.74) is 11.2. The van der Waals surface area contributed by atoms with Crippen molar-refractivity contribution in [3.8, 4) is 5.75 Å². The molecule has 0 saturated carbocycles. The third-order valence-electron chi connectivity index (χ3n) is 2.63. The third kappa shape index (κ3) is 3.32. The van der Waals surface area contributed by atoms with Crippen molar-refractivity contribution in [2.45, 2.75) is 0 Å². The van der Waals surface area contributed by atoms with Gasteiger partial charge in [-0.1, -0.05) is 23.2 Å². The summed E-state index contributed by atoms with van der Waals surface area (Å²) < 4.78 is 5.76. The molecule has 114 valence electrons. The number of carbonyl (C=O) groups excluding carboxylic acids is 1. The van der Waals surface area contributed by atoms with Crippen LogP contribution in [0, 0.1) is 5.41 Å². The summed E-state index contributed by atoms with van der Waals surface area (Å²) in [6, 6.07) is 4.30. The molecule has 0 aliphatic carbocycles. The average Bonchev–Trinajstić information content (AvgIpc) is 2.44. The Morgan fingerprint density at radius 2 is 2.05 bits per heavy atom. The number of nitrogens with one attached hydrogen (secondary N) is 1. The van der Waals surface area contributed by atoms with Gasteiger partial charge in [-0.15, -0.1) is 0 Å². The van der Waals surface area contributed by atoms with Crippen molar-refractivity contribution in [2.24, 2.45) is 5.73 Å². The Kier molecular flexibility index (Phi) is 4.90. The lowest BCUT2D eigenvalue weighted by molar-refractivity contribution is 0.0735. The van der Waals surface area contributed by atoms with Crippen molar-refractivity contribution in [3.05, 3.63) is 50.0 Å². The first kappa shape index (κ1) is 16.5. The van der Waals surface area contributed by atoms with Crippen molar-refractivity contribution in [1.29, 1.82) is 5.41 Å². The Morgan fingerprint density at radius 1 is 1.36 bits per heavy atom. The highest BCUT2D eigenvalue weighted by molar-refractivity contribution is 9.10. The van der Waals surface area contributed by atoms with Gasteiger partial charge in [0, 0.05) is 10.7 Å². The number of nitrogens with zero attached hydrogens (tertiary/aromatic N) is 1. The van der Waals surface area contributed by atoms with Crippen molar-refractivity contribution >= 4 is 56.8 Å². The SMILES string of the molecule is N=C(N)c1c(Cl)ccc(OC(=O)c2cc(Br)cnc2N)c1Cl. The van der Waals surface area contributed by atoms with Gasteiger partial charge in [-0.3, -0.25) is 5.41 Å². The summed E-state index contributed by atoms with van der Waals surface area (Å²) in [5.74, 6) is -1.05. The quantitative estimate of drug-likeness (QED) is 0.315. The first-order chi connectivity index (χ1) is 10.3. The number of pyridine rings is 1. The normalized spacial score (nSPS) is 10.3. The van der Waals surface area contributed by atoms with Gasteiger partial charge in [0.25, 0.3) is 0 Å². The molecule has 0 aliphatic heterocycles. The maximum Gasteiger partial charge on any atom is 0.347 e. The fourth-order valence-electron chi connectivity index (χ4n) is 1.63. The van der Waals surface area contributed by atoms with Crippen LogP contribution in [0.1, 0.15) is 15.9 Å². The van der Waals surface area contributed by atoms with Gasteiger partial charge in [0.2, 0.25) is 0 Å². The van der Waals surface area contributed by atoms with E-state index in [1.807, 2.05) is 0 Å². The molecule has 1 heterocycles. The van der Waals surface area contributed by atoms with Crippen molar-refractivity contribution in [3.63, 3.8) is 0 Å². The second-order valence-electron chi connectivity index (χ2n) is 4.12. The Labute approximate surface area is 144 Å². The number of esters is 1. The van der Waals surface area contributed by atoms with E-state index < -0.39 is 5.97 Å². The van der Waals surface area contributed by atoms with E-state index >= 15 is 0 Å². The highest BCUT2D eigenvalue weighted by Crippen LogP contribution is 2.33. The van der Waals surface area contributed by atoms with Crippen LogP contribution in [-0.4, -0.2) is 16.8 Å². The highest BCUT2D eigenvalue weighted by Gasteiger charge is 2.19. The molecule has 2 rings (SSSR count). The minimum atomic E-state index is -0.745. The molecule has 0 unspecified atom stereocenters. The number of anilines is 1. The summed E-state index contributed by atoms with van der Waals surface area (Å²) in [7, 11) is 0. The molecule has 2 aromatic rings. The van der Waals surface area contributed by atoms with Crippen LogP contribution in [0.15, 0.2) is 28.9 Å². The number of benzene rings is 1. The maximum atomic E-state index is 12.2. The number of amidine groups is 1. The molecule has 0 radical (unpaired) electrons. The standard InChI is InChI=1S/C13H9BrCl2N4O2/c14-5-3-6(12(19)20-4-5)13(21)22-8-2-1-7(15)9(10(8)16)11(17)18/h1-4H,(H3,17,18)(H2,19,20). The minimum absolute atomic E-state index is 0.0145. The number of hydrogen-bond acceptors (Lipinski definition) is 5. The molecule has 6 nitrogen and oxygen atoms in total. The van der Waals surface area contributed by atoms with Gasteiger partial charge in [-0.2, -0.15) is 0 Å². The molecule has 1 aromatic heterocycles. The van der Waals surface area contributed by atoms with Crippen molar-refractivity contribution in [2.75, 3.05) is 5.73 Å². The smallest absolute Gasteiger partial charge is 0.347 e. The number of nitrogens with two attached hydrogens (primary N) is 2. The molecule has 0 aliphatic rings. The summed E-state index contributed by atoms with van der Waals surface area (Å²) in [4.78, 5) is 16.0. The van der Waals surface area contributed by atoms with Crippen LogP contribution in [0.5, 0.6) is 5.75 Å². The van der Waals surface area contributed by atoms with E-state index in [-0.39, 0.29) is 38.6 Å². The lowest BCUT2D eigenvalue weighted by Crippen LogP contribution is -2.15. The van der Waals surface area contributed by atoms with E-state index in [1.165, 1.54) is 24.4 Å². The van der Waals surface area contributed by atoms with Gasteiger partial charge in [0.1, 0.15) is 17.2 Å². The molecule has 0 bridgehead atoms. The van der Waals surface area contributed by atoms with Gasteiger partial charge in [-0.25, -0.2) is 9.78 Å². The van der Waals surface area contributed by atoms with Gasteiger partial charge < -0.3 is 16.2 Å². The van der Waals surface area contributed by atoms with E-state index in [0.29, 0.717) is 4.47 Å². The molecule has 5 N–H and O–H groups in total. The number of ether oxygens (including phenoxy) is 1. The highest BCUT2D eigenvalue weighted by atomic mass is 79.9. The van der Waals surface area contributed by atoms with E-state index in [0.717, 1.165) is 0 Å². The predicted octanol–water partition coefficient (Wildman–Crippen LogP) is 3.24. The second kappa shape index (κ2) is 6.51. The summed E-state index contributed by atoms with van der Waals surface area (Å²) >= 11 is 15.2. The monoisotopic (exact) mass is 402 g/mol. The fraction of sp³-hybridized carbons (Fsp3) is 0. The molecule has 0 amide bonds. The van der Waals surface area contributed by atoms with Crippen LogP contribution in [-0.2, 0) is 0 Å². The average molecular weight is 404 g/mol. The van der Waals surface area contributed by atoms with Gasteiger partial charge in [0.05, 0.1) is 15.6 Å². The van der Waals surface area contributed by atoms with Crippen LogP contribution in [0.4, 0.5) is 5.82 Å². The zero-order valence-corrected chi connectivity index (χ0v) is 14.0. The van der Waals surface area contributed by atoms with Crippen LogP contribution >= 0.6 is 39.1 Å². The molecule has 0 saturated heterocycles. The Balaban J connectivity index is 2.39. The molecule has 22 heavy (non-hydrogen) atoms. The zero-order chi connectivity index (χ0) is 16.4. The predicted molar refractivity (Wildman–Crippen MR) is 88.8 cm³/mol. The van der Waals surface area contributed by atoms with Crippen molar-refractivity contribution < 1.29 is 9.53 Å². The Morgan fingerprint density at radius 3 is 2.68 bits per heavy atom. The first-order valence-corrected chi connectivity index (χ1v) is 7.31. The molecule has 1 aromatic carbocycles. The van der Waals surface area contributed by atoms with Gasteiger partial charge >= 0.3 is 5.97 Å². The number of halogens is 3. The molecule has 0 spiro atoms. The largest absolute Gasteiger partial charge is 0.421 e. The zero-order valence-electron chi connectivity index (χ0n) is 10.9. The van der Waals surface area contributed by atoms with E-state index in [9.17, 15) is 4.79 Å². The molecule has 0 atom stereocenters. The Bertz CT molecular complexity index is 783. The van der Waals surface area contributed by atoms with E-state index in [1.54, 1.807) is 0 Å². The van der Waals surface area contributed by atoms with Crippen LogP contribution in [0.3, 0.4) is 0 Å². The molecule has 9 heteroatoms. The third-order valence-corrected chi connectivity index (χ3v) is 3.76. The van der Waals surface area contributed by atoms with E-state index in [2.05, 4.69) is 20.9 Å². The summed E-state index contributed by atoms with van der Waals surface area (Å²) in [5, 5.41) is 7.60. The molecular formula is C13H9BrCl2N4O2. The number of rotatable bonds is 3. The number of aromatic nitrogens is 1. The lowest BCUT2D eigenvalue weighted by atomic mass is 10.2. The van der Waals surface area contributed by atoms with Crippen LogP contribution < -0.4 is 16.2 Å². The molecule has 0 fully saturated rings. The van der Waals surface area contributed by atoms with E-state index in [4.69, 9.17) is 44.8 Å². The van der Waals surface area contributed by atoms with Crippen LogP contribution in [0.25, 0.3) is 0 Å². The van der Waals surface area contributed by atoms with Gasteiger partial charge in [0.15, 0.2) is 5.75 Å². The van der Waals surface area contributed by atoms with Gasteiger partial charge in [-0.05, 0) is 34.1 Å². The summed E-state index contributed by atoms with van der Waals surface area (Å²) in [6.07, 6.45) is 1.45. The topological polar surface area (TPSA) is 115 Å². The Hall–Kier alpha value is -1.83. The number of nitrogen functional groups attached to an aromatic ring is 2. The minimum Gasteiger partial charge on any atom is -0.421 e. The first-order valence-electron chi connectivity index (χ1n) is 5.77. The lowest BCUT2D eigenvalue weighted by Gasteiger charge is -2.11. The second-order valence-corrected chi connectivity index (χ2v) is 5.82. The number of hydrogen-bond donors (Lipinski definition) is 3. The maximum absolute atomic E-state index is 12.2. The summed E-state index contributed by atoms with van der Waals surface area (Å²) in [6.45, 7) is 0. The molecular weight excluding hydrogens is 395 g/mol. The van der Waals surface area contributed by atoms with Crippen molar-refractivity contribution in [1.82, 2.24) is 4.98 Å².